The van der Waals surface area contributed by atoms with Gasteiger partial charge in [0.2, 0.25) is 0 Å². The van der Waals surface area contributed by atoms with Gasteiger partial charge in [0.05, 0.1) is 20.8 Å². The smallest absolute Gasteiger partial charge is 0.262 e. The predicted octanol–water partition coefficient (Wildman–Crippen LogP) is 4.83. The number of rotatable bonds is 5. The number of fused-ring (bicyclic) bond motifs is 1. The molecule has 24 heavy (non-hydrogen) atoms. The van der Waals surface area contributed by atoms with Crippen molar-refractivity contribution in [2.75, 3.05) is 10.5 Å². The quantitative estimate of drug-likeness (QED) is 0.646. The zero-order chi connectivity index (χ0) is 17.3. The number of nitrogens with one attached hydrogen (secondary N) is 1. The van der Waals surface area contributed by atoms with Crippen LogP contribution in [0, 0.1) is 13.8 Å². The summed E-state index contributed by atoms with van der Waals surface area (Å²) < 4.78 is 30.0. The number of aryl methyl sites for hydroxylation is 2. The van der Waals surface area contributed by atoms with Crippen molar-refractivity contribution < 1.29 is 8.42 Å². The molecule has 0 saturated heterocycles. The van der Waals surface area contributed by atoms with E-state index in [2.05, 4.69) is 16.6 Å². The third kappa shape index (κ3) is 3.58. The van der Waals surface area contributed by atoms with Gasteiger partial charge in [0.1, 0.15) is 0 Å². The molecule has 1 aromatic heterocycles. The molecule has 0 radical (unpaired) electrons. The second kappa shape index (κ2) is 6.74. The fourth-order valence-corrected chi connectivity index (χ4v) is 5.74. The van der Waals surface area contributed by atoms with Crippen LogP contribution >= 0.6 is 23.1 Å². The molecule has 1 heterocycles. The number of hydrogen-bond donors (Lipinski definition) is 1. The molecule has 0 aliphatic heterocycles. The highest BCUT2D eigenvalue weighted by atomic mass is 32.2. The summed E-state index contributed by atoms with van der Waals surface area (Å²) in [7, 11) is -3.61. The zero-order valence-corrected chi connectivity index (χ0v) is 16.1. The van der Waals surface area contributed by atoms with Gasteiger partial charge in [-0.1, -0.05) is 30.8 Å². The maximum Gasteiger partial charge on any atom is 0.262 e. The SMILES string of the molecule is CCSc1nc2ccc(NS(=O)(=O)c3cc(C)ccc3C)cc2s1. The number of aromatic nitrogens is 1. The molecule has 7 heteroatoms. The normalized spacial score (nSPS) is 11.8. The van der Waals surface area contributed by atoms with Gasteiger partial charge in [0, 0.05) is 0 Å². The van der Waals surface area contributed by atoms with Crippen molar-refractivity contribution in [1.29, 1.82) is 0 Å². The average molecular weight is 379 g/mol. The molecule has 0 spiro atoms. The lowest BCUT2D eigenvalue weighted by atomic mass is 10.2. The van der Waals surface area contributed by atoms with Crippen LogP contribution in [0.25, 0.3) is 10.2 Å². The van der Waals surface area contributed by atoms with Crippen molar-refractivity contribution in [2.45, 2.75) is 30.0 Å². The van der Waals surface area contributed by atoms with Crippen LogP contribution in [0.2, 0.25) is 0 Å². The van der Waals surface area contributed by atoms with Crippen molar-refractivity contribution >= 4 is 49.0 Å². The second-order valence-electron chi connectivity index (χ2n) is 5.47. The number of sulfonamides is 1. The number of nitrogens with zero attached hydrogens (tertiary/aromatic N) is 1. The second-order valence-corrected chi connectivity index (χ2v) is 9.66. The van der Waals surface area contributed by atoms with Gasteiger partial charge in [0.25, 0.3) is 10.0 Å². The Bertz CT molecular complexity index is 994. The molecule has 0 amide bonds. The molecule has 126 valence electrons. The molecule has 1 N–H and O–H groups in total. The summed E-state index contributed by atoms with van der Waals surface area (Å²) in [5.41, 5.74) is 3.10. The molecule has 0 fully saturated rings. The highest BCUT2D eigenvalue weighted by molar-refractivity contribution is 8.01. The highest BCUT2D eigenvalue weighted by Gasteiger charge is 2.17. The summed E-state index contributed by atoms with van der Waals surface area (Å²) in [6, 6.07) is 10.9. The highest BCUT2D eigenvalue weighted by Crippen LogP contribution is 2.31. The van der Waals surface area contributed by atoms with Crippen LogP contribution < -0.4 is 4.72 Å². The summed E-state index contributed by atoms with van der Waals surface area (Å²) in [5, 5.41) is 0. The minimum Gasteiger partial charge on any atom is -0.280 e. The number of hydrogen-bond acceptors (Lipinski definition) is 5. The van der Waals surface area contributed by atoms with Crippen molar-refractivity contribution in [2.24, 2.45) is 0 Å². The predicted molar refractivity (Wildman–Crippen MR) is 103 cm³/mol. The monoisotopic (exact) mass is 378 g/mol. The van der Waals surface area contributed by atoms with E-state index in [-0.39, 0.29) is 0 Å². The summed E-state index contributed by atoms with van der Waals surface area (Å²) in [6.45, 7) is 5.77. The van der Waals surface area contributed by atoms with Gasteiger partial charge < -0.3 is 0 Å². The van der Waals surface area contributed by atoms with Gasteiger partial charge in [-0.3, -0.25) is 4.72 Å². The van der Waals surface area contributed by atoms with E-state index >= 15 is 0 Å². The van der Waals surface area contributed by atoms with E-state index in [1.54, 1.807) is 42.2 Å². The number of anilines is 1. The first kappa shape index (κ1) is 17.3. The van der Waals surface area contributed by atoms with Gasteiger partial charge in [-0.15, -0.1) is 11.3 Å². The number of thiazole rings is 1. The Balaban J connectivity index is 1.94. The minimum absolute atomic E-state index is 0.314. The fraction of sp³-hybridized carbons (Fsp3) is 0.235. The van der Waals surface area contributed by atoms with E-state index in [4.69, 9.17) is 0 Å². The van der Waals surface area contributed by atoms with Crippen molar-refractivity contribution in [3.8, 4) is 0 Å². The van der Waals surface area contributed by atoms with Crippen LogP contribution in [0.5, 0.6) is 0 Å². The first-order valence-corrected chi connectivity index (χ1v) is 10.8. The van der Waals surface area contributed by atoms with E-state index in [1.165, 1.54) is 0 Å². The topological polar surface area (TPSA) is 59.1 Å². The van der Waals surface area contributed by atoms with Gasteiger partial charge in [-0.2, -0.15) is 0 Å². The Morgan fingerprint density at radius 2 is 1.96 bits per heavy atom. The van der Waals surface area contributed by atoms with Crippen molar-refractivity contribution in [1.82, 2.24) is 4.98 Å². The van der Waals surface area contributed by atoms with Crippen LogP contribution in [-0.4, -0.2) is 19.2 Å². The minimum atomic E-state index is -3.61. The molecule has 0 atom stereocenters. The molecular weight excluding hydrogens is 360 g/mol. The van der Waals surface area contributed by atoms with Gasteiger partial charge in [-0.05, 0) is 55.0 Å². The largest absolute Gasteiger partial charge is 0.280 e. The maximum absolute atomic E-state index is 12.7. The van der Waals surface area contributed by atoms with Gasteiger partial charge >= 0.3 is 0 Å². The Hall–Kier alpha value is -1.57. The average Bonchev–Trinajstić information content (AvgIpc) is 2.91. The van der Waals surface area contributed by atoms with Crippen LogP contribution in [-0.2, 0) is 10.0 Å². The molecular formula is C17H18N2O2S3. The van der Waals surface area contributed by atoms with E-state index in [9.17, 15) is 8.42 Å². The molecule has 3 aromatic rings. The summed E-state index contributed by atoms with van der Waals surface area (Å²) in [5.74, 6) is 0.964. The standard InChI is InChI=1S/C17H18N2O2S3/c1-4-22-17-18-14-8-7-13(10-15(14)23-17)19-24(20,21)16-9-11(2)5-6-12(16)3/h5-10,19H,4H2,1-3H3. The van der Waals surface area contributed by atoms with Gasteiger partial charge in [-0.25, -0.2) is 13.4 Å². The van der Waals surface area contributed by atoms with E-state index in [0.717, 1.165) is 31.4 Å². The Kier molecular flexibility index (Phi) is 4.85. The number of thioether (sulfide) groups is 1. The van der Waals surface area contributed by atoms with Gasteiger partial charge in [0.15, 0.2) is 4.34 Å². The lowest BCUT2D eigenvalue weighted by Gasteiger charge is -2.11. The molecule has 0 unspecified atom stereocenters. The Morgan fingerprint density at radius 3 is 2.71 bits per heavy atom. The first-order valence-electron chi connectivity index (χ1n) is 7.52. The fourth-order valence-electron chi connectivity index (χ4n) is 2.36. The number of benzene rings is 2. The summed E-state index contributed by atoms with van der Waals surface area (Å²) in [6.07, 6.45) is 0. The van der Waals surface area contributed by atoms with E-state index in [1.807, 2.05) is 31.2 Å². The third-order valence-electron chi connectivity index (χ3n) is 3.52. The van der Waals surface area contributed by atoms with E-state index in [0.29, 0.717) is 10.6 Å². The van der Waals surface area contributed by atoms with E-state index < -0.39 is 10.0 Å². The molecule has 0 saturated carbocycles. The summed E-state index contributed by atoms with van der Waals surface area (Å²) in [4.78, 5) is 4.84. The molecule has 3 rings (SSSR count). The van der Waals surface area contributed by atoms with Crippen molar-refractivity contribution in [3.63, 3.8) is 0 Å². The molecule has 2 aromatic carbocycles. The Morgan fingerprint density at radius 1 is 1.17 bits per heavy atom. The molecule has 0 aliphatic rings. The van der Waals surface area contributed by atoms with Crippen LogP contribution in [0.4, 0.5) is 5.69 Å². The third-order valence-corrected chi connectivity index (χ3v) is 7.09. The molecule has 4 nitrogen and oxygen atoms in total. The maximum atomic E-state index is 12.7. The first-order chi connectivity index (χ1) is 11.4. The van der Waals surface area contributed by atoms with Crippen LogP contribution in [0.3, 0.4) is 0 Å². The summed E-state index contributed by atoms with van der Waals surface area (Å²) >= 11 is 3.27. The van der Waals surface area contributed by atoms with Crippen molar-refractivity contribution in [3.05, 3.63) is 47.5 Å². The molecule has 0 bridgehead atoms. The zero-order valence-electron chi connectivity index (χ0n) is 13.7. The Labute approximate surface area is 150 Å². The lowest BCUT2D eigenvalue weighted by molar-refractivity contribution is 0.600. The van der Waals surface area contributed by atoms with Crippen LogP contribution in [0.1, 0.15) is 18.1 Å². The lowest BCUT2D eigenvalue weighted by Crippen LogP contribution is -2.14. The molecule has 0 aliphatic carbocycles. The van der Waals surface area contributed by atoms with Crippen LogP contribution in [0.15, 0.2) is 45.6 Å².